The second kappa shape index (κ2) is 5.71. The minimum absolute atomic E-state index is 0.0771. The van der Waals surface area contributed by atoms with E-state index < -0.39 is 0 Å². The van der Waals surface area contributed by atoms with Crippen LogP contribution in [0.4, 0.5) is 0 Å². The zero-order chi connectivity index (χ0) is 13.1. The number of benzene rings is 1. The van der Waals surface area contributed by atoms with Gasteiger partial charge in [0.1, 0.15) is 11.9 Å². The summed E-state index contributed by atoms with van der Waals surface area (Å²) in [5.41, 5.74) is 1.22. The lowest BCUT2D eigenvalue weighted by atomic mass is 10.1. The number of likely N-dealkylation sites (N-methyl/N-ethyl adjacent to an activating group) is 1. The van der Waals surface area contributed by atoms with Crippen molar-refractivity contribution in [3.05, 3.63) is 28.2 Å². The van der Waals surface area contributed by atoms with Gasteiger partial charge in [0.25, 0.3) is 0 Å². The number of fused-ring (bicyclic) bond motifs is 1. The van der Waals surface area contributed by atoms with Crippen molar-refractivity contribution in [3.8, 4) is 5.75 Å². The van der Waals surface area contributed by atoms with Crippen molar-refractivity contribution < 1.29 is 9.53 Å². The van der Waals surface area contributed by atoms with Crippen LogP contribution in [0, 0.1) is 0 Å². The van der Waals surface area contributed by atoms with Crippen molar-refractivity contribution in [2.24, 2.45) is 0 Å². The van der Waals surface area contributed by atoms with E-state index in [2.05, 4.69) is 27.3 Å². The molecule has 1 aromatic rings. The first-order chi connectivity index (χ1) is 8.56. The number of hydrogen-bond donors (Lipinski definition) is 1. The molecule has 2 rings (SSSR count). The molecule has 1 aromatic carbocycles. The maximum Gasteiger partial charge on any atom is 0.236 e. The lowest BCUT2D eigenvalue weighted by Gasteiger charge is -2.14. The fraction of sp³-hybridized carbons (Fsp3) is 0.462. The Kier molecular flexibility index (Phi) is 4.24. The Bertz CT molecular complexity index is 449. The number of hydrogen-bond acceptors (Lipinski definition) is 3. The van der Waals surface area contributed by atoms with Crippen LogP contribution in [-0.4, -0.2) is 44.1 Å². The molecule has 1 heterocycles. The Morgan fingerprint density at radius 2 is 2.33 bits per heavy atom. The normalized spacial score (nSPS) is 17.2. The SMILES string of the molecule is CN(C)C(=O)CNCC1Cc2cc(Br)ccc2O1. The van der Waals surface area contributed by atoms with E-state index in [4.69, 9.17) is 4.74 Å². The number of nitrogens with one attached hydrogen (secondary N) is 1. The van der Waals surface area contributed by atoms with E-state index in [0.29, 0.717) is 13.1 Å². The molecule has 0 saturated carbocycles. The summed E-state index contributed by atoms with van der Waals surface area (Å²) in [4.78, 5) is 13.0. The molecule has 4 nitrogen and oxygen atoms in total. The number of ether oxygens (including phenoxy) is 1. The Labute approximate surface area is 115 Å². The molecule has 1 N–H and O–H groups in total. The summed E-state index contributed by atoms with van der Waals surface area (Å²) in [5, 5.41) is 3.13. The highest BCUT2D eigenvalue weighted by Gasteiger charge is 2.22. The van der Waals surface area contributed by atoms with E-state index >= 15 is 0 Å². The van der Waals surface area contributed by atoms with Crippen LogP contribution in [0.2, 0.25) is 0 Å². The predicted molar refractivity (Wildman–Crippen MR) is 73.8 cm³/mol. The highest BCUT2D eigenvalue weighted by molar-refractivity contribution is 9.10. The van der Waals surface area contributed by atoms with Crippen molar-refractivity contribution in [2.45, 2.75) is 12.5 Å². The Morgan fingerprint density at radius 3 is 3.06 bits per heavy atom. The number of nitrogens with zero attached hydrogens (tertiary/aromatic N) is 1. The molecule has 18 heavy (non-hydrogen) atoms. The van der Waals surface area contributed by atoms with Crippen molar-refractivity contribution in [2.75, 3.05) is 27.2 Å². The maximum absolute atomic E-state index is 11.4. The summed E-state index contributed by atoms with van der Waals surface area (Å²) in [7, 11) is 3.51. The van der Waals surface area contributed by atoms with Crippen LogP contribution in [0.15, 0.2) is 22.7 Å². The topological polar surface area (TPSA) is 41.6 Å². The molecular weight excluding hydrogens is 296 g/mol. The third-order valence-corrected chi connectivity index (χ3v) is 3.40. The average Bonchev–Trinajstić information content (AvgIpc) is 2.70. The summed E-state index contributed by atoms with van der Waals surface area (Å²) < 4.78 is 6.87. The summed E-state index contributed by atoms with van der Waals surface area (Å²) in [6.45, 7) is 1.04. The van der Waals surface area contributed by atoms with Gasteiger partial charge < -0.3 is 15.0 Å². The molecule has 0 fully saturated rings. The molecule has 1 unspecified atom stereocenters. The van der Waals surface area contributed by atoms with Crippen LogP contribution in [0.5, 0.6) is 5.75 Å². The molecule has 1 aliphatic rings. The average molecular weight is 313 g/mol. The third kappa shape index (κ3) is 3.23. The number of amides is 1. The number of carbonyl (C=O) groups is 1. The third-order valence-electron chi connectivity index (χ3n) is 2.91. The first kappa shape index (κ1) is 13.4. The molecular formula is C13H17BrN2O2. The van der Waals surface area contributed by atoms with Gasteiger partial charge in [0.15, 0.2) is 0 Å². The molecule has 0 bridgehead atoms. The minimum Gasteiger partial charge on any atom is -0.488 e. The standard InChI is InChI=1S/C13H17BrN2O2/c1-16(2)13(17)8-15-7-11-6-9-5-10(14)3-4-12(9)18-11/h3-5,11,15H,6-8H2,1-2H3. The van der Waals surface area contributed by atoms with E-state index in [9.17, 15) is 4.79 Å². The lowest BCUT2D eigenvalue weighted by molar-refractivity contribution is -0.127. The van der Waals surface area contributed by atoms with Gasteiger partial charge in [-0.15, -0.1) is 0 Å². The van der Waals surface area contributed by atoms with Crippen LogP contribution < -0.4 is 10.1 Å². The first-order valence-electron chi connectivity index (χ1n) is 5.92. The van der Waals surface area contributed by atoms with E-state index in [-0.39, 0.29) is 12.0 Å². The van der Waals surface area contributed by atoms with Gasteiger partial charge in [-0.05, 0) is 23.8 Å². The monoisotopic (exact) mass is 312 g/mol. The zero-order valence-corrected chi connectivity index (χ0v) is 12.2. The van der Waals surface area contributed by atoms with Crippen LogP contribution >= 0.6 is 15.9 Å². The Morgan fingerprint density at radius 1 is 1.56 bits per heavy atom. The quantitative estimate of drug-likeness (QED) is 0.914. The summed E-state index contributed by atoms with van der Waals surface area (Å²) >= 11 is 3.45. The van der Waals surface area contributed by atoms with Gasteiger partial charge in [0.05, 0.1) is 6.54 Å². The van der Waals surface area contributed by atoms with Crippen LogP contribution in [-0.2, 0) is 11.2 Å². The maximum atomic E-state index is 11.4. The van der Waals surface area contributed by atoms with Crippen LogP contribution in [0.1, 0.15) is 5.56 Å². The predicted octanol–water partition coefficient (Wildman–Crippen LogP) is 1.43. The van der Waals surface area contributed by atoms with Gasteiger partial charge in [-0.1, -0.05) is 15.9 Å². The Hall–Kier alpha value is -1.07. The highest BCUT2D eigenvalue weighted by Crippen LogP contribution is 2.30. The van der Waals surface area contributed by atoms with E-state index in [0.717, 1.165) is 16.6 Å². The Balaban J connectivity index is 1.80. The molecule has 1 aliphatic heterocycles. The molecule has 1 atom stereocenters. The largest absolute Gasteiger partial charge is 0.488 e. The molecule has 0 radical (unpaired) electrons. The molecule has 0 aromatic heterocycles. The van der Waals surface area contributed by atoms with Crippen molar-refractivity contribution in [1.29, 1.82) is 0 Å². The van der Waals surface area contributed by atoms with Gasteiger partial charge in [0, 0.05) is 31.5 Å². The molecule has 5 heteroatoms. The smallest absolute Gasteiger partial charge is 0.236 e. The number of halogens is 1. The summed E-state index contributed by atoms with van der Waals surface area (Å²) in [6.07, 6.45) is 1.00. The molecule has 98 valence electrons. The first-order valence-corrected chi connectivity index (χ1v) is 6.71. The number of rotatable bonds is 4. The van der Waals surface area contributed by atoms with Crippen molar-refractivity contribution in [3.63, 3.8) is 0 Å². The fourth-order valence-corrected chi connectivity index (χ4v) is 2.31. The second-order valence-electron chi connectivity index (χ2n) is 4.62. The van der Waals surface area contributed by atoms with E-state index in [1.165, 1.54) is 5.56 Å². The van der Waals surface area contributed by atoms with Crippen LogP contribution in [0.3, 0.4) is 0 Å². The van der Waals surface area contributed by atoms with Crippen molar-refractivity contribution >= 4 is 21.8 Å². The summed E-state index contributed by atoms with van der Waals surface area (Å²) in [6, 6.07) is 6.04. The molecule has 1 amide bonds. The van der Waals surface area contributed by atoms with Gasteiger partial charge in [-0.25, -0.2) is 0 Å². The number of carbonyl (C=O) groups excluding carboxylic acids is 1. The molecule has 0 spiro atoms. The lowest BCUT2D eigenvalue weighted by Crippen LogP contribution is -2.37. The second-order valence-corrected chi connectivity index (χ2v) is 5.53. The van der Waals surface area contributed by atoms with Gasteiger partial charge >= 0.3 is 0 Å². The van der Waals surface area contributed by atoms with Gasteiger partial charge in [-0.3, -0.25) is 4.79 Å². The highest BCUT2D eigenvalue weighted by atomic mass is 79.9. The van der Waals surface area contributed by atoms with Crippen LogP contribution in [0.25, 0.3) is 0 Å². The van der Waals surface area contributed by atoms with E-state index in [1.807, 2.05) is 12.1 Å². The summed E-state index contributed by atoms with van der Waals surface area (Å²) in [5.74, 6) is 1.03. The van der Waals surface area contributed by atoms with Gasteiger partial charge in [-0.2, -0.15) is 0 Å². The van der Waals surface area contributed by atoms with E-state index in [1.54, 1.807) is 19.0 Å². The molecule has 0 saturated heterocycles. The van der Waals surface area contributed by atoms with Gasteiger partial charge in [0.2, 0.25) is 5.91 Å². The fourth-order valence-electron chi connectivity index (χ4n) is 1.90. The zero-order valence-electron chi connectivity index (χ0n) is 10.6. The minimum atomic E-state index is 0.0771. The molecule has 0 aliphatic carbocycles. The van der Waals surface area contributed by atoms with Crippen molar-refractivity contribution in [1.82, 2.24) is 10.2 Å².